The number of rotatable bonds is 5. The summed E-state index contributed by atoms with van der Waals surface area (Å²) in [4.78, 5) is 2.24. The Labute approximate surface area is 188 Å². The Bertz CT molecular complexity index is 1050. The molecule has 0 aliphatic carbocycles. The first-order valence-corrected chi connectivity index (χ1v) is 10.6. The van der Waals surface area contributed by atoms with Crippen LogP contribution in [-0.2, 0) is 6.42 Å². The Morgan fingerprint density at radius 1 is 0.903 bits per heavy atom. The van der Waals surface area contributed by atoms with Gasteiger partial charge in [-0.25, -0.2) is 0 Å². The van der Waals surface area contributed by atoms with Gasteiger partial charge in [0.2, 0.25) is 0 Å². The van der Waals surface area contributed by atoms with Crippen LogP contribution in [0, 0.1) is 0 Å². The molecule has 3 aromatic rings. The topological polar surface area (TPSA) is 43.0 Å². The predicted octanol–water partition coefficient (Wildman–Crippen LogP) is 5.06. The first kappa shape index (κ1) is 21.0. The van der Waals surface area contributed by atoms with Gasteiger partial charge in [-0.3, -0.25) is 0 Å². The number of anilines is 1. The lowest BCUT2D eigenvalue weighted by Crippen LogP contribution is -2.42. The summed E-state index contributed by atoms with van der Waals surface area (Å²) in [6, 6.07) is 22.3. The summed E-state index contributed by atoms with van der Waals surface area (Å²) in [7, 11) is 4.99. The summed E-state index contributed by atoms with van der Waals surface area (Å²) in [5, 5.41) is 4.07. The SMILES string of the molecule is COc1ccc(NC(=S)N2CCc3cc(OC)c(OC)cc3C2c2ccccc2)cc1. The second-order valence-corrected chi connectivity index (χ2v) is 7.71. The minimum Gasteiger partial charge on any atom is -0.497 e. The normalized spacial score (nSPS) is 15.1. The summed E-state index contributed by atoms with van der Waals surface area (Å²) in [5.74, 6) is 2.28. The third kappa shape index (κ3) is 4.30. The largest absolute Gasteiger partial charge is 0.497 e. The summed E-state index contributed by atoms with van der Waals surface area (Å²) < 4.78 is 16.4. The van der Waals surface area contributed by atoms with Crippen LogP contribution in [0.5, 0.6) is 17.2 Å². The Hall–Kier alpha value is -3.25. The summed E-state index contributed by atoms with van der Waals surface area (Å²) in [6.07, 6.45) is 0.865. The number of nitrogens with zero attached hydrogens (tertiary/aromatic N) is 1. The van der Waals surface area contributed by atoms with E-state index < -0.39 is 0 Å². The van der Waals surface area contributed by atoms with Crippen LogP contribution in [0.4, 0.5) is 5.69 Å². The van der Waals surface area contributed by atoms with E-state index in [9.17, 15) is 0 Å². The molecule has 0 fully saturated rings. The van der Waals surface area contributed by atoms with Crippen LogP contribution in [0.25, 0.3) is 0 Å². The van der Waals surface area contributed by atoms with Crippen LogP contribution in [0.15, 0.2) is 66.7 Å². The van der Waals surface area contributed by atoms with Crippen molar-refractivity contribution in [1.29, 1.82) is 0 Å². The van der Waals surface area contributed by atoms with Crippen LogP contribution >= 0.6 is 12.2 Å². The number of nitrogens with one attached hydrogen (secondary N) is 1. The maximum atomic E-state index is 5.86. The highest BCUT2D eigenvalue weighted by atomic mass is 32.1. The van der Waals surface area contributed by atoms with E-state index in [-0.39, 0.29) is 6.04 Å². The van der Waals surface area contributed by atoms with E-state index in [2.05, 4.69) is 46.6 Å². The molecule has 0 amide bonds. The fraction of sp³-hybridized carbons (Fsp3) is 0.240. The minimum absolute atomic E-state index is 0.0250. The quantitative estimate of drug-likeness (QED) is 0.567. The number of ether oxygens (including phenoxy) is 3. The highest BCUT2D eigenvalue weighted by molar-refractivity contribution is 7.80. The van der Waals surface area contributed by atoms with Gasteiger partial charge in [0.1, 0.15) is 5.75 Å². The van der Waals surface area contributed by atoms with Crippen molar-refractivity contribution in [3.05, 3.63) is 83.4 Å². The highest BCUT2D eigenvalue weighted by Crippen LogP contribution is 2.41. The average molecular weight is 435 g/mol. The lowest BCUT2D eigenvalue weighted by molar-refractivity contribution is 0.330. The van der Waals surface area contributed by atoms with Crippen molar-refractivity contribution in [3.63, 3.8) is 0 Å². The van der Waals surface area contributed by atoms with Gasteiger partial charge in [-0.1, -0.05) is 30.3 Å². The van der Waals surface area contributed by atoms with Crippen molar-refractivity contribution in [2.24, 2.45) is 0 Å². The standard InChI is InChI=1S/C25H26N2O3S/c1-28-20-11-9-19(10-12-20)26-25(31)27-14-13-18-15-22(29-2)23(30-3)16-21(18)24(27)17-7-5-4-6-8-17/h4-12,15-16,24H,13-14H2,1-3H3,(H,26,31). The number of methoxy groups -OCH3 is 3. The molecule has 160 valence electrons. The van der Waals surface area contributed by atoms with Crippen LogP contribution < -0.4 is 19.5 Å². The summed E-state index contributed by atoms with van der Waals surface area (Å²) >= 11 is 5.86. The summed E-state index contributed by atoms with van der Waals surface area (Å²) in [5.41, 5.74) is 4.52. The number of thiocarbonyl (C=S) groups is 1. The predicted molar refractivity (Wildman–Crippen MR) is 127 cm³/mol. The molecule has 3 aromatic carbocycles. The van der Waals surface area contributed by atoms with Gasteiger partial charge in [0.15, 0.2) is 16.6 Å². The third-order valence-electron chi connectivity index (χ3n) is 5.59. The van der Waals surface area contributed by atoms with E-state index in [4.69, 9.17) is 26.4 Å². The van der Waals surface area contributed by atoms with E-state index in [0.29, 0.717) is 5.11 Å². The van der Waals surface area contributed by atoms with Crippen molar-refractivity contribution in [2.45, 2.75) is 12.5 Å². The zero-order chi connectivity index (χ0) is 21.8. The van der Waals surface area contributed by atoms with Gasteiger partial charge in [0, 0.05) is 12.2 Å². The molecule has 5 nitrogen and oxygen atoms in total. The maximum absolute atomic E-state index is 5.86. The zero-order valence-electron chi connectivity index (χ0n) is 17.9. The average Bonchev–Trinajstić information content (AvgIpc) is 2.83. The molecule has 1 unspecified atom stereocenters. The van der Waals surface area contributed by atoms with Gasteiger partial charge in [0.25, 0.3) is 0 Å². The van der Waals surface area contributed by atoms with Gasteiger partial charge >= 0.3 is 0 Å². The molecule has 1 heterocycles. The van der Waals surface area contributed by atoms with Crippen molar-refractivity contribution >= 4 is 23.0 Å². The van der Waals surface area contributed by atoms with Crippen LogP contribution in [-0.4, -0.2) is 37.9 Å². The van der Waals surface area contributed by atoms with Crippen molar-refractivity contribution in [2.75, 3.05) is 33.2 Å². The molecule has 1 atom stereocenters. The van der Waals surface area contributed by atoms with Gasteiger partial charge in [0.05, 0.1) is 27.4 Å². The second kappa shape index (κ2) is 9.27. The van der Waals surface area contributed by atoms with E-state index in [0.717, 1.165) is 35.9 Å². The smallest absolute Gasteiger partial charge is 0.174 e. The first-order chi connectivity index (χ1) is 15.1. The van der Waals surface area contributed by atoms with Crippen molar-refractivity contribution < 1.29 is 14.2 Å². The van der Waals surface area contributed by atoms with E-state index in [1.54, 1.807) is 21.3 Å². The molecule has 4 rings (SSSR count). The Morgan fingerprint density at radius 3 is 2.23 bits per heavy atom. The third-order valence-corrected chi connectivity index (χ3v) is 5.93. The van der Waals surface area contributed by atoms with Crippen molar-refractivity contribution in [3.8, 4) is 17.2 Å². The molecule has 0 saturated heterocycles. The van der Waals surface area contributed by atoms with Crippen LogP contribution in [0.3, 0.4) is 0 Å². The summed E-state index contributed by atoms with van der Waals surface area (Å²) in [6.45, 7) is 0.796. The molecule has 0 bridgehead atoms. The van der Waals surface area contributed by atoms with Crippen molar-refractivity contribution in [1.82, 2.24) is 4.90 Å². The first-order valence-electron chi connectivity index (χ1n) is 10.2. The molecule has 1 aliphatic heterocycles. The highest BCUT2D eigenvalue weighted by Gasteiger charge is 2.32. The molecular weight excluding hydrogens is 408 g/mol. The molecule has 31 heavy (non-hydrogen) atoms. The fourth-order valence-electron chi connectivity index (χ4n) is 4.03. The van der Waals surface area contributed by atoms with Gasteiger partial charge in [-0.05, 0) is 71.7 Å². The molecule has 1 N–H and O–H groups in total. The molecule has 1 aliphatic rings. The second-order valence-electron chi connectivity index (χ2n) is 7.32. The Balaban J connectivity index is 1.71. The molecule has 0 spiro atoms. The van der Waals surface area contributed by atoms with E-state index >= 15 is 0 Å². The van der Waals surface area contributed by atoms with E-state index in [1.807, 2.05) is 30.3 Å². The number of hydrogen-bond acceptors (Lipinski definition) is 4. The molecule has 6 heteroatoms. The maximum Gasteiger partial charge on any atom is 0.174 e. The lowest BCUT2D eigenvalue weighted by Gasteiger charge is -2.39. The Morgan fingerprint density at radius 2 is 1.58 bits per heavy atom. The van der Waals surface area contributed by atoms with Gasteiger partial charge in [-0.2, -0.15) is 0 Å². The van der Waals surface area contributed by atoms with Gasteiger partial charge < -0.3 is 24.4 Å². The van der Waals surface area contributed by atoms with E-state index in [1.165, 1.54) is 16.7 Å². The van der Waals surface area contributed by atoms with Crippen LogP contribution in [0.2, 0.25) is 0 Å². The monoisotopic (exact) mass is 434 g/mol. The lowest BCUT2D eigenvalue weighted by atomic mass is 9.88. The number of hydrogen-bond donors (Lipinski definition) is 1. The Kier molecular flexibility index (Phi) is 6.28. The fourth-order valence-corrected chi connectivity index (χ4v) is 4.34. The number of benzene rings is 3. The molecule has 0 radical (unpaired) electrons. The molecule has 0 saturated carbocycles. The number of fused-ring (bicyclic) bond motifs is 1. The molecular formula is C25H26N2O3S. The van der Waals surface area contributed by atoms with Gasteiger partial charge in [-0.15, -0.1) is 0 Å². The molecule has 0 aromatic heterocycles. The minimum atomic E-state index is -0.0250. The zero-order valence-corrected chi connectivity index (χ0v) is 18.7. The van der Waals surface area contributed by atoms with Crippen LogP contribution in [0.1, 0.15) is 22.7 Å².